The van der Waals surface area contributed by atoms with Crippen LogP contribution in [-0.2, 0) is 11.3 Å². The van der Waals surface area contributed by atoms with E-state index in [1.54, 1.807) is 0 Å². The quantitative estimate of drug-likeness (QED) is 0.710. The zero-order valence-corrected chi connectivity index (χ0v) is 15.4. The van der Waals surface area contributed by atoms with Crippen molar-refractivity contribution < 1.29 is 18.7 Å². The highest BCUT2D eigenvalue weighted by Gasteiger charge is 2.21. The van der Waals surface area contributed by atoms with Crippen LogP contribution in [0.5, 0.6) is 5.75 Å². The molecule has 0 saturated carbocycles. The smallest absolute Gasteiger partial charge is 0.255 e. The second-order valence-electron chi connectivity index (χ2n) is 6.81. The summed E-state index contributed by atoms with van der Waals surface area (Å²) in [4.78, 5) is 12.7. The van der Waals surface area contributed by atoms with Gasteiger partial charge < -0.3 is 19.2 Å². The summed E-state index contributed by atoms with van der Waals surface area (Å²) in [5, 5.41) is 3.74. The van der Waals surface area contributed by atoms with Gasteiger partial charge in [-0.15, -0.1) is 0 Å². The number of furan rings is 1. The van der Waals surface area contributed by atoms with Crippen LogP contribution >= 0.6 is 0 Å². The Morgan fingerprint density at radius 2 is 2.07 bits per heavy atom. The highest BCUT2D eigenvalue weighted by molar-refractivity contribution is 6.07. The highest BCUT2D eigenvalue weighted by Crippen LogP contribution is 2.29. The third kappa shape index (κ3) is 3.98. The Kier molecular flexibility index (Phi) is 5.12. The van der Waals surface area contributed by atoms with Crippen LogP contribution < -0.4 is 10.1 Å². The first-order valence-corrected chi connectivity index (χ1v) is 9.30. The van der Waals surface area contributed by atoms with Crippen molar-refractivity contribution in [3.8, 4) is 5.75 Å². The van der Waals surface area contributed by atoms with Crippen LogP contribution in [0.1, 0.15) is 34.5 Å². The molecule has 1 aliphatic rings. The van der Waals surface area contributed by atoms with Gasteiger partial charge in [0.25, 0.3) is 5.91 Å². The normalized spacial score (nSPS) is 16.6. The molecule has 3 aromatic rings. The minimum absolute atomic E-state index is 0.109. The van der Waals surface area contributed by atoms with E-state index in [-0.39, 0.29) is 12.0 Å². The van der Waals surface area contributed by atoms with Crippen molar-refractivity contribution in [3.63, 3.8) is 0 Å². The maximum Gasteiger partial charge on any atom is 0.255 e. The largest absolute Gasteiger partial charge is 0.489 e. The first-order chi connectivity index (χ1) is 13.2. The van der Waals surface area contributed by atoms with Gasteiger partial charge in [0.15, 0.2) is 0 Å². The molecule has 1 amide bonds. The van der Waals surface area contributed by atoms with Gasteiger partial charge >= 0.3 is 0 Å². The lowest BCUT2D eigenvalue weighted by molar-refractivity contribution is 0.0857. The molecule has 5 heteroatoms. The Morgan fingerprint density at radius 1 is 1.22 bits per heavy atom. The molecule has 0 radical (unpaired) electrons. The van der Waals surface area contributed by atoms with E-state index in [2.05, 4.69) is 5.32 Å². The molecule has 5 nitrogen and oxygen atoms in total. The molecule has 1 aromatic heterocycles. The van der Waals surface area contributed by atoms with Gasteiger partial charge in [0.1, 0.15) is 23.7 Å². The summed E-state index contributed by atoms with van der Waals surface area (Å²) in [6.45, 7) is 3.58. The number of carbonyl (C=O) groups is 1. The number of nitrogens with one attached hydrogen (secondary N) is 1. The predicted octanol–water partition coefficient (Wildman–Crippen LogP) is 4.23. The Morgan fingerprint density at radius 3 is 2.85 bits per heavy atom. The molecule has 2 heterocycles. The maximum atomic E-state index is 12.7. The van der Waals surface area contributed by atoms with Gasteiger partial charge in [-0.3, -0.25) is 4.79 Å². The molecule has 1 aliphatic heterocycles. The molecule has 0 bridgehead atoms. The van der Waals surface area contributed by atoms with Gasteiger partial charge in [0.05, 0.1) is 11.7 Å². The lowest BCUT2D eigenvalue weighted by Gasteiger charge is -2.11. The first-order valence-electron chi connectivity index (χ1n) is 9.30. The predicted molar refractivity (Wildman–Crippen MR) is 103 cm³/mol. The van der Waals surface area contributed by atoms with E-state index in [0.717, 1.165) is 30.4 Å². The second-order valence-corrected chi connectivity index (χ2v) is 6.81. The summed E-state index contributed by atoms with van der Waals surface area (Å²) in [6.07, 6.45) is 2.15. The standard InChI is InChI=1S/C22H23NO4/c1-15-21(22(24)23-13-18-8-5-11-25-18)19-12-17(9-10-20(19)27-15)26-14-16-6-3-2-4-7-16/h2-4,6-7,9-10,12,18H,5,8,11,13-14H2,1H3,(H,23,24)/t18-/m0/s1. The average Bonchev–Trinajstić information content (AvgIpc) is 3.32. The molecule has 1 saturated heterocycles. The summed E-state index contributed by atoms with van der Waals surface area (Å²) in [5.74, 6) is 1.18. The molecule has 1 N–H and O–H groups in total. The Balaban J connectivity index is 1.51. The van der Waals surface area contributed by atoms with E-state index in [9.17, 15) is 4.79 Å². The van der Waals surface area contributed by atoms with Crippen LogP contribution in [0, 0.1) is 6.92 Å². The average molecular weight is 365 g/mol. The number of aryl methyl sites for hydroxylation is 1. The van der Waals surface area contributed by atoms with Crippen molar-refractivity contribution in [2.24, 2.45) is 0 Å². The zero-order valence-electron chi connectivity index (χ0n) is 15.4. The van der Waals surface area contributed by atoms with E-state index in [4.69, 9.17) is 13.9 Å². The minimum atomic E-state index is -0.137. The third-order valence-corrected chi connectivity index (χ3v) is 4.83. The van der Waals surface area contributed by atoms with Crippen molar-refractivity contribution in [1.29, 1.82) is 0 Å². The molecular formula is C22H23NO4. The van der Waals surface area contributed by atoms with E-state index in [1.165, 1.54) is 0 Å². The number of hydrogen-bond donors (Lipinski definition) is 1. The number of hydrogen-bond acceptors (Lipinski definition) is 4. The van der Waals surface area contributed by atoms with Crippen LogP contribution in [0.3, 0.4) is 0 Å². The number of benzene rings is 2. The van der Waals surface area contributed by atoms with E-state index in [1.807, 2.05) is 55.5 Å². The molecule has 2 aromatic carbocycles. The van der Waals surface area contributed by atoms with E-state index in [0.29, 0.717) is 35.8 Å². The number of rotatable bonds is 6. The summed E-state index contributed by atoms with van der Waals surface area (Å²) in [7, 11) is 0. The summed E-state index contributed by atoms with van der Waals surface area (Å²) in [6, 6.07) is 15.6. The molecule has 0 spiro atoms. The molecule has 0 aliphatic carbocycles. The van der Waals surface area contributed by atoms with Crippen LogP contribution in [-0.4, -0.2) is 25.2 Å². The van der Waals surface area contributed by atoms with Crippen molar-refractivity contribution in [2.45, 2.75) is 32.5 Å². The van der Waals surface area contributed by atoms with Crippen LogP contribution in [0.25, 0.3) is 11.0 Å². The first kappa shape index (κ1) is 17.6. The monoisotopic (exact) mass is 365 g/mol. The van der Waals surface area contributed by atoms with Crippen molar-refractivity contribution in [1.82, 2.24) is 5.32 Å². The molecule has 4 rings (SSSR count). The number of ether oxygens (including phenoxy) is 2. The maximum absolute atomic E-state index is 12.7. The molecule has 0 unspecified atom stereocenters. The lowest BCUT2D eigenvalue weighted by atomic mass is 10.1. The third-order valence-electron chi connectivity index (χ3n) is 4.83. The Bertz CT molecular complexity index is 926. The Hall–Kier alpha value is -2.79. The minimum Gasteiger partial charge on any atom is -0.489 e. The molecular weight excluding hydrogens is 342 g/mol. The topological polar surface area (TPSA) is 60.7 Å². The number of amides is 1. The fourth-order valence-corrected chi connectivity index (χ4v) is 3.41. The van der Waals surface area contributed by atoms with Gasteiger partial charge in [0, 0.05) is 18.5 Å². The number of fused-ring (bicyclic) bond motifs is 1. The van der Waals surface area contributed by atoms with E-state index < -0.39 is 0 Å². The molecule has 1 fully saturated rings. The zero-order chi connectivity index (χ0) is 18.6. The van der Waals surface area contributed by atoms with Crippen molar-refractivity contribution in [3.05, 3.63) is 65.4 Å². The van der Waals surface area contributed by atoms with Gasteiger partial charge in [-0.25, -0.2) is 0 Å². The van der Waals surface area contributed by atoms with Crippen LogP contribution in [0.4, 0.5) is 0 Å². The summed E-state index contributed by atoms with van der Waals surface area (Å²) in [5.41, 5.74) is 2.34. The highest BCUT2D eigenvalue weighted by atomic mass is 16.5. The van der Waals surface area contributed by atoms with Gasteiger partial charge in [0.2, 0.25) is 0 Å². The molecule has 1 atom stereocenters. The van der Waals surface area contributed by atoms with Gasteiger partial charge in [-0.05, 0) is 43.5 Å². The SMILES string of the molecule is Cc1oc2ccc(OCc3ccccc3)cc2c1C(=O)NC[C@@H]1CCCO1. The van der Waals surface area contributed by atoms with Gasteiger partial charge in [-0.1, -0.05) is 30.3 Å². The summed E-state index contributed by atoms with van der Waals surface area (Å²) < 4.78 is 17.2. The molecule has 27 heavy (non-hydrogen) atoms. The summed E-state index contributed by atoms with van der Waals surface area (Å²) >= 11 is 0. The Labute approximate surface area is 158 Å². The fraction of sp³-hybridized carbons (Fsp3) is 0.318. The number of carbonyl (C=O) groups excluding carboxylic acids is 1. The second kappa shape index (κ2) is 7.84. The lowest BCUT2D eigenvalue weighted by Crippen LogP contribution is -2.31. The fourth-order valence-electron chi connectivity index (χ4n) is 3.41. The van der Waals surface area contributed by atoms with Crippen LogP contribution in [0.2, 0.25) is 0 Å². The van der Waals surface area contributed by atoms with Gasteiger partial charge in [-0.2, -0.15) is 0 Å². The molecule has 140 valence electrons. The van der Waals surface area contributed by atoms with E-state index >= 15 is 0 Å². The van der Waals surface area contributed by atoms with Crippen molar-refractivity contribution >= 4 is 16.9 Å². The van der Waals surface area contributed by atoms with Crippen LogP contribution in [0.15, 0.2) is 52.9 Å². The van der Waals surface area contributed by atoms with Crippen molar-refractivity contribution in [2.75, 3.05) is 13.2 Å².